The number of hydrogen-bond donors (Lipinski definition) is 2. The van der Waals surface area contributed by atoms with Gasteiger partial charge in [-0.25, -0.2) is 0 Å². The molecular formula is C17H23NO6. The molecule has 1 aromatic carbocycles. The molecule has 0 spiro atoms. The van der Waals surface area contributed by atoms with Crippen molar-refractivity contribution in [2.75, 3.05) is 26.9 Å². The van der Waals surface area contributed by atoms with Gasteiger partial charge in [-0.2, -0.15) is 0 Å². The molecule has 1 aliphatic rings. The zero-order valence-electron chi connectivity index (χ0n) is 13.9. The highest BCUT2D eigenvalue weighted by molar-refractivity contribution is 5.82. The van der Waals surface area contributed by atoms with Gasteiger partial charge in [-0.3, -0.25) is 9.59 Å². The van der Waals surface area contributed by atoms with Crippen LogP contribution in [0.4, 0.5) is 0 Å². The van der Waals surface area contributed by atoms with E-state index in [0.717, 1.165) is 0 Å². The van der Waals surface area contributed by atoms with Crippen LogP contribution in [0.15, 0.2) is 24.3 Å². The van der Waals surface area contributed by atoms with Crippen molar-refractivity contribution in [1.82, 2.24) is 5.32 Å². The van der Waals surface area contributed by atoms with E-state index < -0.39 is 17.5 Å². The topological polar surface area (TPSA) is 94.1 Å². The molecule has 0 saturated carbocycles. The van der Waals surface area contributed by atoms with Crippen molar-refractivity contribution < 1.29 is 28.9 Å². The van der Waals surface area contributed by atoms with Crippen LogP contribution in [-0.4, -0.2) is 50.0 Å². The summed E-state index contributed by atoms with van der Waals surface area (Å²) in [6, 6.07) is 6.89. The van der Waals surface area contributed by atoms with Crippen molar-refractivity contribution >= 4 is 11.9 Å². The molecule has 2 rings (SSSR count). The number of benzene rings is 1. The Morgan fingerprint density at radius 3 is 2.38 bits per heavy atom. The van der Waals surface area contributed by atoms with Crippen LogP contribution in [0.2, 0.25) is 0 Å². The van der Waals surface area contributed by atoms with Gasteiger partial charge >= 0.3 is 5.97 Å². The second-order valence-electron chi connectivity index (χ2n) is 5.85. The minimum Gasteiger partial charge on any atom is -0.497 e. The molecule has 0 aliphatic carbocycles. The summed E-state index contributed by atoms with van der Waals surface area (Å²) < 4.78 is 15.8. The first-order valence-electron chi connectivity index (χ1n) is 7.86. The van der Waals surface area contributed by atoms with Crippen LogP contribution in [0.3, 0.4) is 0 Å². The highest BCUT2D eigenvalue weighted by Crippen LogP contribution is 2.30. The maximum absolute atomic E-state index is 12.2. The van der Waals surface area contributed by atoms with Crippen molar-refractivity contribution in [2.24, 2.45) is 5.41 Å². The molecular weight excluding hydrogens is 314 g/mol. The Balaban J connectivity index is 1.89. The number of ether oxygens (including phenoxy) is 3. The lowest BCUT2D eigenvalue weighted by molar-refractivity contribution is -0.155. The summed E-state index contributed by atoms with van der Waals surface area (Å²) in [5, 5.41) is 12.2. The Bertz CT molecular complexity index is 565. The van der Waals surface area contributed by atoms with Gasteiger partial charge in [0.2, 0.25) is 0 Å². The number of carbonyl (C=O) groups excluding carboxylic acids is 1. The minimum absolute atomic E-state index is 0.0703. The van der Waals surface area contributed by atoms with E-state index >= 15 is 0 Å². The second-order valence-corrected chi connectivity index (χ2v) is 5.85. The lowest BCUT2D eigenvalue weighted by atomic mass is 9.80. The predicted octanol–water partition coefficient (Wildman–Crippen LogP) is 1.46. The molecule has 7 heteroatoms. The second kappa shape index (κ2) is 8.01. The smallest absolute Gasteiger partial charge is 0.311 e. The SMILES string of the molecule is COc1ccc(OC(C)C(=O)NCC2(C(=O)O)CCOCC2)cc1. The first kappa shape index (κ1) is 18.1. The lowest BCUT2D eigenvalue weighted by Crippen LogP contribution is -2.48. The van der Waals surface area contributed by atoms with Crippen LogP contribution in [0.5, 0.6) is 11.5 Å². The zero-order valence-corrected chi connectivity index (χ0v) is 13.9. The molecule has 0 radical (unpaired) electrons. The number of carbonyl (C=O) groups is 2. The fourth-order valence-corrected chi connectivity index (χ4v) is 2.54. The van der Waals surface area contributed by atoms with Crippen LogP contribution in [0, 0.1) is 5.41 Å². The largest absolute Gasteiger partial charge is 0.497 e. The standard InChI is InChI=1S/C17H23NO6/c1-12(24-14-5-3-13(22-2)4-6-14)15(19)18-11-17(16(20)21)7-9-23-10-8-17/h3-6,12H,7-11H2,1-2H3,(H,18,19)(H,20,21). The van der Waals surface area contributed by atoms with E-state index in [-0.39, 0.29) is 12.5 Å². The molecule has 0 bridgehead atoms. The van der Waals surface area contributed by atoms with Gasteiger partial charge in [-0.15, -0.1) is 0 Å². The predicted molar refractivity (Wildman–Crippen MR) is 86.2 cm³/mol. The summed E-state index contributed by atoms with van der Waals surface area (Å²) in [6.45, 7) is 2.47. The van der Waals surface area contributed by atoms with Crippen LogP contribution in [0.25, 0.3) is 0 Å². The Labute approximate surface area is 140 Å². The first-order valence-corrected chi connectivity index (χ1v) is 7.86. The van der Waals surface area contributed by atoms with E-state index in [1.54, 1.807) is 38.3 Å². The summed E-state index contributed by atoms with van der Waals surface area (Å²) in [5.74, 6) is -0.0207. The Hall–Kier alpha value is -2.28. The number of rotatable bonds is 7. The molecule has 132 valence electrons. The van der Waals surface area contributed by atoms with Crippen LogP contribution in [0.1, 0.15) is 19.8 Å². The summed E-state index contributed by atoms with van der Waals surface area (Å²) >= 11 is 0. The molecule has 7 nitrogen and oxygen atoms in total. The summed E-state index contributed by atoms with van der Waals surface area (Å²) in [6.07, 6.45) is 0.0382. The van der Waals surface area contributed by atoms with E-state index in [0.29, 0.717) is 37.6 Å². The molecule has 24 heavy (non-hydrogen) atoms. The summed E-state index contributed by atoms with van der Waals surface area (Å²) in [4.78, 5) is 23.8. The number of amides is 1. The van der Waals surface area contributed by atoms with E-state index in [1.807, 2.05) is 0 Å². The van der Waals surface area contributed by atoms with Crippen molar-refractivity contribution in [1.29, 1.82) is 0 Å². The fraction of sp³-hybridized carbons (Fsp3) is 0.529. The normalized spacial score (nSPS) is 17.6. The van der Waals surface area contributed by atoms with E-state index in [4.69, 9.17) is 14.2 Å². The Morgan fingerprint density at radius 1 is 1.25 bits per heavy atom. The highest BCUT2D eigenvalue weighted by atomic mass is 16.5. The van der Waals surface area contributed by atoms with Crippen LogP contribution < -0.4 is 14.8 Å². The molecule has 1 saturated heterocycles. The minimum atomic E-state index is -0.965. The van der Waals surface area contributed by atoms with Gasteiger partial charge < -0.3 is 24.6 Å². The van der Waals surface area contributed by atoms with Crippen LogP contribution >= 0.6 is 0 Å². The molecule has 1 aliphatic heterocycles. The number of carboxylic acids is 1. The molecule has 1 heterocycles. The van der Waals surface area contributed by atoms with Gasteiger partial charge in [-0.1, -0.05) is 0 Å². The van der Waals surface area contributed by atoms with Crippen molar-refractivity contribution in [2.45, 2.75) is 25.9 Å². The monoisotopic (exact) mass is 337 g/mol. The van der Waals surface area contributed by atoms with E-state index in [1.165, 1.54) is 0 Å². The first-order chi connectivity index (χ1) is 11.5. The summed E-state index contributed by atoms with van der Waals surface area (Å²) in [7, 11) is 1.57. The molecule has 1 fully saturated rings. The fourth-order valence-electron chi connectivity index (χ4n) is 2.54. The van der Waals surface area contributed by atoms with Gasteiger partial charge in [0.1, 0.15) is 11.5 Å². The Morgan fingerprint density at radius 2 is 1.83 bits per heavy atom. The van der Waals surface area contributed by atoms with Gasteiger partial charge in [0, 0.05) is 19.8 Å². The molecule has 1 aromatic rings. The highest BCUT2D eigenvalue weighted by Gasteiger charge is 2.40. The molecule has 1 atom stereocenters. The maximum atomic E-state index is 12.2. The van der Waals surface area contributed by atoms with Crippen LogP contribution in [-0.2, 0) is 14.3 Å². The zero-order chi connectivity index (χ0) is 17.6. The molecule has 0 aromatic heterocycles. The third kappa shape index (κ3) is 4.38. The number of carboxylic acid groups (broad SMARTS) is 1. The molecule has 1 unspecified atom stereocenters. The average Bonchev–Trinajstić information content (AvgIpc) is 2.61. The van der Waals surface area contributed by atoms with Gasteiger partial charge in [0.15, 0.2) is 6.10 Å². The summed E-state index contributed by atoms with van der Waals surface area (Å²) in [5.41, 5.74) is -0.965. The maximum Gasteiger partial charge on any atom is 0.311 e. The number of hydrogen-bond acceptors (Lipinski definition) is 5. The quantitative estimate of drug-likeness (QED) is 0.782. The lowest BCUT2D eigenvalue weighted by Gasteiger charge is -2.33. The van der Waals surface area contributed by atoms with E-state index in [9.17, 15) is 14.7 Å². The van der Waals surface area contributed by atoms with Gasteiger partial charge in [0.05, 0.1) is 12.5 Å². The van der Waals surface area contributed by atoms with E-state index in [2.05, 4.69) is 5.32 Å². The van der Waals surface area contributed by atoms with Gasteiger partial charge in [-0.05, 0) is 44.0 Å². The molecule has 1 amide bonds. The van der Waals surface area contributed by atoms with Crippen molar-refractivity contribution in [3.05, 3.63) is 24.3 Å². The third-order valence-electron chi connectivity index (χ3n) is 4.25. The average molecular weight is 337 g/mol. The van der Waals surface area contributed by atoms with Crippen molar-refractivity contribution in [3.63, 3.8) is 0 Å². The number of nitrogens with one attached hydrogen (secondary N) is 1. The number of methoxy groups -OCH3 is 1. The van der Waals surface area contributed by atoms with Crippen molar-refractivity contribution in [3.8, 4) is 11.5 Å². The third-order valence-corrected chi connectivity index (χ3v) is 4.25. The number of aliphatic carboxylic acids is 1. The Kier molecular flexibility index (Phi) is 6.03. The molecule has 2 N–H and O–H groups in total. The van der Waals surface area contributed by atoms with Gasteiger partial charge in [0.25, 0.3) is 5.91 Å².